The van der Waals surface area contributed by atoms with E-state index in [9.17, 15) is 14.9 Å². The third-order valence-corrected chi connectivity index (χ3v) is 2.47. The number of carbonyl (C=O) groups is 1. The highest BCUT2D eigenvalue weighted by Crippen LogP contribution is 2.27. The van der Waals surface area contributed by atoms with Crippen LogP contribution in [0.15, 0.2) is 18.2 Å². The summed E-state index contributed by atoms with van der Waals surface area (Å²) in [7, 11) is 0. The number of likely N-dealkylation sites (N-methyl/N-ethyl adjacent to an activating group) is 1. The molecule has 19 heavy (non-hydrogen) atoms. The van der Waals surface area contributed by atoms with E-state index >= 15 is 0 Å². The summed E-state index contributed by atoms with van der Waals surface area (Å²) in [6.07, 6.45) is 0. The fourth-order valence-corrected chi connectivity index (χ4v) is 1.53. The van der Waals surface area contributed by atoms with Crippen molar-refractivity contribution in [3.8, 4) is 5.75 Å². The van der Waals surface area contributed by atoms with Crippen LogP contribution in [0.3, 0.4) is 0 Å². The summed E-state index contributed by atoms with van der Waals surface area (Å²) in [4.78, 5) is 21.2. The minimum atomic E-state index is -1.06. The molecule has 104 valence electrons. The molecule has 0 aliphatic carbocycles. The van der Waals surface area contributed by atoms with E-state index in [0.29, 0.717) is 6.54 Å². The van der Waals surface area contributed by atoms with Crippen LogP contribution < -0.4 is 10.1 Å². The van der Waals surface area contributed by atoms with Crippen molar-refractivity contribution < 1.29 is 19.6 Å². The fourth-order valence-electron chi connectivity index (χ4n) is 1.53. The van der Waals surface area contributed by atoms with Crippen molar-refractivity contribution in [2.45, 2.75) is 19.9 Å². The molecule has 0 spiro atoms. The van der Waals surface area contributed by atoms with Crippen LogP contribution in [0.25, 0.3) is 0 Å². The first-order valence-corrected chi connectivity index (χ1v) is 5.79. The largest absolute Gasteiger partial charge is 0.485 e. The molecule has 0 heterocycles. The Morgan fingerprint density at radius 3 is 2.79 bits per heavy atom. The Balaban J connectivity index is 2.82. The first kappa shape index (κ1) is 14.9. The highest BCUT2D eigenvalue weighted by atomic mass is 16.6. The Kier molecular flexibility index (Phi) is 5.25. The van der Waals surface area contributed by atoms with E-state index < -0.39 is 16.9 Å². The van der Waals surface area contributed by atoms with Crippen molar-refractivity contribution in [1.82, 2.24) is 5.32 Å². The van der Waals surface area contributed by atoms with Gasteiger partial charge < -0.3 is 15.2 Å². The first-order chi connectivity index (χ1) is 8.95. The molecule has 0 aliphatic heterocycles. The van der Waals surface area contributed by atoms with Crippen LogP contribution in [0.5, 0.6) is 5.75 Å². The highest BCUT2D eigenvalue weighted by Gasteiger charge is 2.20. The standard InChI is InChI=1S/C12H16N2O5/c1-3-13-9(12(15)16)7-19-11-5-4-8(2)6-10(11)14(17)18/h4-6,9,13H,3,7H2,1-2H3,(H,15,16). The molecule has 0 aromatic heterocycles. The van der Waals surface area contributed by atoms with Crippen LogP contribution in [-0.2, 0) is 4.79 Å². The van der Waals surface area contributed by atoms with Crippen molar-refractivity contribution in [3.05, 3.63) is 33.9 Å². The van der Waals surface area contributed by atoms with Gasteiger partial charge in [-0.05, 0) is 25.1 Å². The van der Waals surface area contributed by atoms with Crippen LogP contribution in [-0.4, -0.2) is 35.2 Å². The van der Waals surface area contributed by atoms with E-state index in [0.717, 1.165) is 5.56 Å². The number of hydrogen-bond acceptors (Lipinski definition) is 5. The maximum Gasteiger partial charge on any atom is 0.324 e. The maximum absolute atomic E-state index is 10.9. The van der Waals surface area contributed by atoms with Crippen molar-refractivity contribution >= 4 is 11.7 Å². The van der Waals surface area contributed by atoms with Crippen LogP contribution in [0.4, 0.5) is 5.69 Å². The number of nitrogens with zero attached hydrogens (tertiary/aromatic N) is 1. The van der Waals surface area contributed by atoms with Crippen molar-refractivity contribution in [3.63, 3.8) is 0 Å². The lowest BCUT2D eigenvalue weighted by Crippen LogP contribution is -2.41. The van der Waals surface area contributed by atoms with E-state index in [2.05, 4.69) is 5.32 Å². The molecular weight excluding hydrogens is 252 g/mol. The second-order valence-electron chi connectivity index (χ2n) is 3.99. The van der Waals surface area contributed by atoms with Gasteiger partial charge in [-0.1, -0.05) is 13.0 Å². The zero-order valence-electron chi connectivity index (χ0n) is 10.8. The highest BCUT2D eigenvalue weighted by molar-refractivity contribution is 5.73. The SMILES string of the molecule is CCNC(COc1ccc(C)cc1[N+](=O)[O-])C(=O)O. The molecule has 0 aliphatic rings. The van der Waals surface area contributed by atoms with Gasteiger partial charge in [0.1, 0.15) is 12.6 Å². The maximum atomic E-state index is 10.9. The van der Waals surface area contributed by atoms with E-state index in [1.54, 1.807) is 19.9 Å². The summed E-state index contributed by atoms with van der Waals surface area (Å²) in [6, 6.07) is 3.63. The smallest absolute Gasteiger partial charge is 0.324 e. The Morgan fingerprint density at radius 1 is 1.58 bits per heavy atom. The third kappa shape index (κ3) is 4.22. The van der Waals surface area contributed by atoms with E-state index in [1.807, 2.05) is 0 Å². The van der Waals surface area contributed by atoms with Gasteiger partial charge >= 0.3 is 11.7 Å². The number of benzene rings is 1. The monoisotopic (exact) mass is 268 g/mol. The summed E-state index contributed by atoms with van der Waals surface area (Å²) in [5.74, 6) is -0.989. The van der Waals surface area contributed by atoms with E-state index in [1.165, 1.54) is 12.1 Å². The van der Waals surface area contributed by atoms with Crippen LogP contribution in [0.2, 0.25) is 0 Å². The number of ether oxygens (including phenoxy) is 1. The number of hydrogen-bond donors (Lipinski definition) is 2. The van der Waals surface area contributed by atoms with Gasteiger partial charge in [0.05, 0.1) is 4.92 Å². The van der Waals surface area contributed by atoms with Crippen molar-refractivity contribution in [2.24, 2.45) is 0 Å². The summed E-state index contributed by atoms with van der Waals surface area (Å²) in [6.45, 7) is 3.79. The second kappa shape index (κ2) is 6.69. The molecule has 1 rings (SSSR count). The number of aryl methyl sites for hydroxylation is 1. The molecule has 1 unspecified atom stereocenters. The lowest BCUT2D eigenvalue weighted by atomic mass is 10.2. The molecule has 1 atom stereocenters. The number of nitrogens with one attached hydrogen (secondary N) is 1. The average Bonchev–Trinajstić information content (AvgIpc) is 2.35. The molecule has 0 fully saturated rings. The van der Waals surface area contributed by atoms with Gasteiger partial charge in [0, 0.05) is 6.07 Å². The van der Waals surface area contributed by atoms with Crippen LogP contribution >= 0.6 is 0 Å². The van der Waals surface area contributed by atoms with Gasteiger partial charge in [0.25, 0.3) is 0 Å². The number of rotatable bonds is 7. The predicted octanol–water partition coefficient (Wildman–Crippen LogP) is 1.34. The number of carboxylic acids is 1. The van der Waals surface area contributed by atoms with E-state index in [4.69, 9.17) is 9.84 Å². The van der Waals surface area contributed by atoms with Crippen LogP contribution in [0.1, 0.15) is 12.5 Å². The lowest BCUT2D eigenvalue weighted by molar-refractivity contribution is -0.385. The number of nitro benzene ring substituents is 1. The van der Waals surface area contributed by atoms with Crippen LogP contribution in [0, 0.1) is 17.0 Å². The molecular formula is C12H16N2O5. The third-order valence-electron chi connectivity index (χ3n) is 2.47. The van der Waals surface area contributed by atoms with Crippen molar-refractivity contribution in [1.29, 1.82) is 0 Å². The molecule has 2 N–H and O–H groups in total. The molecule has 1 aromatic carbocycles. The van der Waals surface area contributed by atoms with Gasteiger partial charge in [-0.15, -0.1) is 0 Å². The molecule has 7 heteroatoms. The molecule has 7 nitrogen and oxygen atoms in total. The Hall–Kier alpha value is -2.15. The summed E-state index contributed by atoms with van der Waals surface area (Å²) >= 11 is 0. The van der Waals surface area contributed by atoms with Gasteiger partial charge in [-0.3, -0.25) is 14.9 Å². The van der Waals surface area contributed by atoms with Gasteiger partial charge in [-0.2, -0.15) is 0 Å². The van der Waals surface area contributed by atoms with Gasteiger partial charge in [0.2, 0.25) is 0 Å². The zero-order chi connectivity index (χ0) is 14.4. The topological polar surface area (TPSA) is 102 Å². The quantitative estimate of drug-likeness (QED) is 0.571. The molecule has 1 aromatic rings. The van der Waals surface area contributed by atoms with Crippen molar-refractivity contribution in [2.75, 3.05) is 13.2 Å². The molecule has 0 amide bonds. The summed E-state index contributed by atoms with van der Waals surface area (Å²) in [5, 5.41) is 22.5. The molecule has 0 radical (unpaired) electrons. The summed E-state index contributed by atoms with van der Waals surface area (Å²) in [5.41, 5.74) is 0.571. The first-order valence-electron chi connectivity index (χ1n) is 5.79. The zero-order valence-corrected chi connectivity index (χ0v) is 10.8. The second-order valence-corrected chi connectivity index (χ2v) is 3.99. The predicted molar refractivity (Wildman–Crippen MR) is 68.4 cm³/mol. The Labute approximate surface area is 110 Å². The van der Waals surface area contributed by atoms with Gasteiger partial charge in [0.15, 0.2) is 5.75 Å². The number of carboxylic acid groups (broad SMARTS) is 1. The van der Waals surface area contributed by atoms with E-state index in [-0.39, 0.29) is 18.0 Å². The Morgan fingerprint density at radius 2 is 2.26 bits per heavy atom. The molecule has 0 saturated carbocycles. The number of nitro groups is 1. The molecule has 0 saturated heterocycles. The molecule has 0 bridgehead atoms. The minimum Gasteiger partial charge on any atom is -0.485 e. The van der Waals surface area contributed by atoms with Gasteiger partial charge in [-0.25, -0.2) is 0 Å². The average molecular weight is 268 g/mol. The number of aliphatic carboxylic acids is 1. The fraction of sp³-hybridized carbons (Fsp3) is 0.417. The summed E-state index contributed by atoms with van der Waals surface area (Å²) < 4.78 is 5.24. The lowest BCUT2D eigenvalue weighted by Gasteiger charge is -2.14. The normalized spacial score (nSPS) is 11.9. The Bertz CT molecular complexity index is 475. The minimum absolute atomic E-state index is 0.0692.